The van der Waals surface area contributed by atoms with Crippen LogP contribution in [-0.2, 0) is 11.3 Å². The molecule has 2 N–H and O–H groups in total. The molecule has 32 heavy (non-hydrogen) atoms. The molecule has 6 rings (SSSR count). The monoisotopic (exact) mass is 433 g/mol. The lowest BCUT2D eigenvalue weighted by atomic mass is 9.93. The zero-order chi connectivity index (χ0) is 22.0. The summed E-state index contributed by atoms with van der Waals surface area (Å²) in [5.41, 5.74) is 9.47. The number of carbonyl (C=O) groups is 1. The molecule has 162 valence electrons. The zero-order valence-electron chi connectivity index (χ0n) is 17.3. The Bertz CT molecular complexity index is 1400. The summed E-state index contributed by atoms with van der Waals surface area (Å²) in [5.74, 6) is -0.0288. The smallest absolute Gasteiger partial charge is 0.257 e. The van der Waals surface area contributed by atoms with E-state index in [9.17, 15) is 4.79 Å². The van der Waals surface area contributed by atoms with Gasteiger partial charge in [0, 0.05) is 12.6 Å². The average Bonchev–Trinajstić information content (AvgIpc) is 3.46. The summed E-state index contributed by atoms with van der Waals surface area (Å²) in [6.45, 7) is 0.948. The molecule has 0 bridgehead atoms. The Labute approximate surface area is 182 Å². The number of rotatable bonds is 2. The molecule has 0 aliphatic carbocycles. The van der Waals surface area contributed by atoms with E-state index in [-0.39, 0.29) is 29.4 Å². The molecular formula is C23H20FN5O3. The molecule has 2 aromatic carbocycles. The Kier molecular flexibility index (Phi) is 4.09. The van der Waals surface area contributed by atoms with E-state index in [0.29, 0.717) is 36.1 Å². The minimum Gasteiger partial charge on any atom is -0.497 e. The van der Waals surface area contributed by atoms with Crippen molar-refractivity contribution in [3.63, 3.8) is 0 Å². The molecule has 9 heteroatoms. The Morgan fingerprint density at radius 3 is 3.00 bits per heavy atom. The first-order valence-electron chi connectivity index (χ1n) is 10.4. The third-order valence-corrected chi connectivity index (χ3v) is 6.42. The maximum atomic E-state index is 15.1. The number of amides is 1. The van der Waals surface area contributed by atoms with Crippen LogP contribution in [0.15, 0.2) is 42.9 Å². The Morgan fingerprint density at radius 2 is 2.16 bits per heavy atom. The van der Waals surface area contributed by atoms with Crippen LogP contribution in [0.4, 0.5) is 10.2 Å². The van der Waals surface area contributed by atoms with Gasteiger partial charge in [-0.15, -0.1) is 0 Å². The first-order valence-corrected chi connectivity index (χ1v) is 10.4. The summed E-state index contributed by atoms with van der Waals surface area (Å²) in [6.07, 6.45) is 3.74. The van der Waals surface area contributed by atoms with Gasteiger partial charge in [-0.3, -0.25) is 9.20 Å². The van der Waals surface area contributed by atoms with Gasteiger partial charge in [-0.25, -0.2) is 14.4 Å². The number of hydrogen-bond acceptors (Lipinski definition) is 6. The van der Waals surface area contributed by atoms with Crippen molar-refractivity contribution in [3.8, 4) is 5.75 Å². The van der Waals surface area contributed by atoms with Crippen molar-refractivity contribution in [2.75, 3.05) is 19.4 Å². The van der Waals surface area contributed by atoms with Crippen LogP contribution in [-0.4, -0.2) is 44.9 Å². The standard InChI is InChI=1S/C23H20FN5O3/c1-31-13-2-3-14-12(6-13)10-32-20-4-5-28(21(14)20)23(30)15-7-18-17(8-16(15)24)27-22(25)19-9-26-11-29(18)19/h2-3,6-9,11,20-21H,4-5,10H2,1H3,(H2,25,27)/t20-,21-/m0/s1. The van der Waals surface area contributed by atoms with Crippen molar-refractivity contribution < 1.29 is 18.7 Å². The maximum Gasteiger partial charge on any atom is 0.257 e. The highest BCUT2D eigenvalue weighted by molar-refractivity contribution is 5.99. The molecule has 0 saturated carbocycles. The third-order valence-electron chi connectivity index (χ3n) is 6.42. The highest BCUT2D eigenvalue weighted by Crippen LogP contribution is 2.42. The summed E-state index contributed by atoms with van der Waals surface area (Å²) in [7, 11) is 1.61. The molecule has 4 aromatic rings. The fraction of sp³-hybridized carbons (Fsp3) is 0.261. The molecule has 0 radical (unpaired) electrons. The van der Waals surface area contributed by atoms with Gasteiger partial charge < -0.3 is 20.1 Å². The van der Waals surface area contributed by atoms with Gasteiger partial charge in [-0.05, 0) is 35.7 Å². The van der Waals surface area contributed by atoms with E-state index in [4.69, 9.17) is 15.2 Å². The first kappa shape index (κ1) is 19.0. The van der Waals surface area contributed by atoms with E-state index in [2.05, 4.69) is 9.97 Å². The van der Waals surface area contributed by atoms with Crippen molar-refractivity contribution in [3.05, 3.63) is 65.4 Å². The van der Waals surface area contributed by atoms with Gasteiger partial charge >= 0.3 is 0 Å². The Balaban J connectivity index is 1.44. The molecule has 1 saturated heterocycles. The summed E-state index contributed by atoms with van der Waals surface area (Å²) in [5, 5.41) is 0. The molecule has 4 heterocycles. The molecule has 2 aliphatic rings. The minimum absolute atomic E-state index is 0.0136. The SMILES string of the molecule is COc1ccc2c(c1)CO[C@H]1CCN(C(=O)c3cc4c(cc3F)nc(N)c3cncn34)[C@@H]21. The van der Waals surface area contributed by atoms with Crippen LogP contribution < -0.4 is 10.5 Å². The molecule has 2 atom stereocenters. The number of benzene rings is 2. The lowest BCUT2D eigenvalue weighted by Gasteiger charge is -2.34. The first-order chi connectivity index (χ1) is 15.5. The van der Waals surface area contributed by atoms with Crippen LogP contribution in [0.5, 0.6) is 5.75 Å². The predicted octanol–water partition coefficient (Wildman–Crippen LogP) is 3.10. The average molecular weight is 433 g/mol. The van der Waals surface area contributed by atoms with Crippen molar-refractivity contribution in [2.45, 2.75) is 25.2 Å². The van der Waals surface area contributed by atoms with Crippen LogP contribution in [0, 0.1) is 5.82 Å². The highest BCUT2D eigenvalue weighted by atomic mass is 19.1. The van der Waals surface area contributed by atoms with Gasteiger partial charge in [0.1, 0.15) is 22.9 Å². The number of methoxy groups -OCH3 is 1. The van der Waals surface area contributed by atoms with E-state index in [1.54, 1.807) is 28.9 Å². The largest absolute Gasteiger partial charge is 0.497 e. The Hall–Kier alpha value is -3.72. The predicted molar refractivity (Wildman–Crippen MR) is 115 cm³/mol. The van der Waals surface area contributed by atoms with Crippen molar-refractivity contribution in [2.24, 2.45) is 0 Å². The number of aromatic nitrogens is 3. The second kappa shape index (κ2) is 6.89. The molecule has 2 aromatic heterocycles. The number of nitrogens with zero attached hydrogens (tertiary/aromatic N) is 4. The fourth-order valence-corrected chi connectivity index (χ4v) is 4.87. The summed E-state index contributed by atoms with van der Waals surface area (Å²) < 4.78 is 28.2. The van der Waals surface area contributed by atoms with Crippen LogP contribution in [0.3, 0.4) is 0 Å². The van der Waals surface area contributed by atoms with Crippen LogP contribution >= 0.6 is 0 Å². The highest BCUT2D eigenvalue weighted by Gasteiger charge is 2.43. The van der Waals surface area contributed by atoms with Gasteiger partial charge in [0.2, 0.25) is 0 Å². The summed E-state index contributed by atoms with van der Waals surface area (Å²) in [4.78, 5) is 23.7. The number of nitrogen functional groups attached to an aromatic ring is 1. The van der Waals surface area contributed by atoms with E-state index < -0.39 is 5.82 Å². The molecule has 0 unspecified atom stereocenters. The van der Waals surface area contributed by atoms with Gasteiger partial charge in [0.15, 0.2) is 0 Å². The van der Waals surface area contributed by atoms with Crippen LogP contribution in [0.1, 0.15) is 33.9 Å². The number of fused-ring (bicyclic) bond motifs is 6. The molecule has 1 fully saturated rings. The number of halogens is 1. The number of nitrogens with two attached hydrogens (primary N) is 1. The number of anilines is 1. The van der Waals surface area contributed by atoms with Gasteiger partial charge in [-0.2, -0.15) is 0 Å². The van der Waals surface area contributed by atoms with Crippen LogP contribution in [0.2, 0.25) is 0 Å². The number of hydrogen-bond donors (Lipinski definition) is 1. The summed E-state index contributed by atoms with van der Waals surface area (Å²) in [6, 6.07) is 8.28. The van der Waals surface area contributed by atoms with E-state index >= 15 is 4.39 Å². The van der Waals surface area contributed by atoms with E-state index in [1.807, 2.05) is 18.2 Å². The third kappa shape index (κ3) is 2.67. The fourth-order valence-electron chi connectivity index (χ4n) is 4.87. The molecule has 8 nitrogen and oxygen atoms in total. The van der Waals surface area contributed by atoms with Gasteiger partial charge in [0.25, 0.3) is 5.91 Å². The lowest BCUT2D eigenvalue weighted by molar-refractivity contribution is 0.000325. The number of carbonyl (C=O) groups excluding carboxylic acids is 1. The van der Waals surface area contributed by atoms with Crippen molar-refractivity contribution in [1.29, 1.82) is 0 Å². The van der Waals surface area contributed by atoms with E-state index in [0.717, 1.165) is 16.9 Å². The minimum atomic E-state index is -0.635. The molecule has 2 aliphatic heterocycles. The van der Waals surface area contributed by atoms with Gasteiger partial charge in [-0.1, -0.05) is 6.07 Å². The van der Waals surface area contributed by atoms with Crippen molar-refractivity contribution >= 4 is 28.3 Å². The maximum absolute atomic E-state index is 15.1. The van der Waals surface area contributed by atoms with E-state index in [1.165, 1.54) is 12.1 Å². The lowest BCUT2D eigenvalue weighted by Crippen LogP contribution is -2.37. The number of ether oxygens (including phenoxy) is 2. The molecule has 0 spiro atoms. The molecular weight excluding hydrogens is 413 g/mol. The second-order valence-electron chi connectivity index (χ2n) is 8.11. The second-order valence-corrected chi connectivity index (χ2v) is 8.11. The zero-order valence-corrected chi connectivity index (χ0v) is 17.3. The number of imidazole rings is 1. The quantitative estimate of drug-likeness (QED) is 0.522. The van der Waals surface area contributed by atoms with Crippen molar-refractivity contribution in [1.82, 2.24) is 19.3 Å². The Morgan fingerprint density at radius 1 is 1.28 bits per heavy atom. The summed E-state index contributed by atoms with van der Waals surface area (Å²) >= 11 is 0. The number of likely N-dealkylation sites (tertiary alicyclic amines) is 1. The van der Waals surface area contributed by atoms with Gasteiger partial charge in [0.05, 0.1) is 55.0 Å². The topological polar surface area (TPSA) is 95.0 Å². The van der Waals surface area contributed by atoms with Crippen LogP contribution in [0.25, 0.3) is 16.6 Å². The normalized spacial score (nSPS) is 19.9. The molecule has 1 amide bonds.